The first-order chi connectivity index (χ1) is 16.0. The highest BCUT2D eigenvalue weighted by Gasteiger charge is 2.14. The molecule has 4 aromatic rings. The Balaban J connectivity index is 1.60. The second kappa shape index (κ2) is 10.4. The van der Waals surface area contributed by atoms with E-state index < -0.39 is 0 Å². The fourth-order valence-corrected chi connectivity index (χ4v) is 4.16. The van der Waals surface area contributed by atoms with E-state index in [-0.39, 0.29) is 0 Å². The van der Waals surface area contributed by atoms with E-state index in [0.717, 1.165) is 11.4 Å². The van der Waals surface area contributed by atoms with Crippen molar-refractivity contribution in [1.82, 2.24) is 0 Å². The van der Waals surface area contributed by atoms with Gasteiger partial charge in [-0.15, -0.1) is 0 Å². The monoisotopic (exact) mass is 431 g/mol. The number of hydrogen-bond acceptors (Lipinski definition) is 1. The Hall–Kier alpha value is -3.58. The molecule has 0 radical (unpaired) electrons. The average Bonchev–Trinajstić information content (AvgIpc) is 2.85. The molecule has 1 atom stereocenters. The van der Waals surface area contributed by atoms with Crippen molar-refractivity contribution in [1.29, 1.82) is 0 Å². The van der Waals surface area contributed by atoms with Crippen LogP contribution in [0.1, 0.15) is 54.0 Å². The van der Waals surface area contributed by atoms with Gasteiger partial charge in [0, 0.05) is 17.1 Å². The van der Waals surface area contributed by atoms with Crippen molar-refractivity contribution in [2.45, 2.75) is 40.0 Å². The van der Waals surface area contributed by atoms with Crippen LogP contribution in [0, 0.1) is 13.8 Å². The Kier molecular flexibility index (Phi) is 7.10. The number of aryl methyl sites for hydroxylation is 2. The summed E-state index contributed by atoms with van der Waals surface area (Å²) in [6, 6.07) is 34.9. The summed E-state index contributed by atoms with van der Waals surface area (Å²) in [5, 5.41) is 0. The number of rotatable bonds is 7. The zero-order chi connectivity index (χ0) is 23.2. The predicted octanol–water partition coefficient (Wildman–Crippen LogP) is 9.46. The third-order valence-electron chi connectivity index (χ3n) is 6.34. The zero-order valence-corrected chi connectivity index (χ0v) is 20.1. The summed E-state index contributed by atoms with van der Waals surface area (Å²) in [5.41, 5.74) is 9.90. The highest BCUT2D eigenvalue weighted by atomic mass is 15.1. The van der Waals surface area contributed by atoms with Crippen LogP contribution in [0.5, 0.6) is 0 Å². The SMILES string of the molecule is CCC(C)c1ccc(C=Cc2ccc(N(c3ccccc3)c3ccc(C)cc3C)cc2)cc1. The summed E-state index contributed by atoms with van der Waals surface area (Å²) < 4.78 is 0. The predicted molar refractivity (Wildman–Crippen MR) is 145 cm³/mol. The van der Waals surface area contributed by atoms with E-state index in [9.17, 15) is 0 Å². The summed E-state index contributed by atoms with van der Waals surface area (Å²) >= 11 is 0. The number of benzene rings is 4. The topological polar surface area (TPSA) is 3.24 Å². The van der Waals surface area contributed by atoms with Gasteiger partial charge in [0.05, 0.1) is 0 Å². The van der Waals surface area contributed by atoms with Crippen molar-refractivity contribution in [3.05, 3.63) is 125 Å². The second-order valence-corrected chi connectivity index (χ2v) is 8.86. The lowest BCUT2D eigenvalue weighted by Gasteiger charge is -2.27. The summed E-state index contributed by atoms with van der Waals surface area (Å²) in [6.45, 7) is 8.84. The Bertz CT molecular complexity index is 1200. The molecule has 4 aromatic carbocycles. The minimum atomic E-state index is 0.611. The van der Waals surface area contributed by atoms with E-state index in [4.69, 9.17) is 0 Å². The van der Waals surface area contributed by atoms with Crippen molar-refractivity contribution in [2.75, 3.05) is 4.90 Å². The number of para-hydroxylation sites is 1. The van der Waals surface area contributed by atoms with Crippen LogP contribution in [0.2, 0.25) is 0 Å². The number of nitrogens with zero attached hydrogens (tertiary/aromatic N) is 1. The van der Waals surface area contributed by atoms with E-state index in [0.29, 0.717) is 5.92 Å². The van der Waals surface area contributed by atoms with Gasteiger partial charge in [0.1, 0.15) is 0 Å². The van der Waals surface area contributed by atoms with Gasteiger partial charge in [-0.1, -0.05) is 98.3 Å². The smallest absolute Gasteiger partial charge is 0.0490 e. The van der Waals surface area contributed by atoms with Gasteiger partial charge in [0.15, 0.2) is 0 Å². The molecule has 0 heterocycles. The fourth-order valence-electron chi connectivity index (χ4n) is 4.16. The molecule has 0 saturated heterocycles. The molecule has 0 fully saturated rings. The maximum absolute atomic E-state index is 2.33. The van der Waals surface area contributed by atoms with Crippen molar-refractivity contribution in [3.8, 4) is 0 Å². The fraction of sp³-hybridized carbons (Fsp3) is 0.188. The van der Waals surface area contributed by atoms with Crippen LogP contribution in [-0.2, 0) is 0 Å². The Morgan fingerprint density at radius 1 is 0.697 bits per heavy atom. The van der Waals surface area contributed by atoms with Crippen molar-refractivity contribution in [3.63, 3.8) is 0 Å². The molecule has 0 N–H and O–H groups in total. The molecule has 1 heteroatoms. The van der Waals surface area contributed by atoms with Gasteiger partial charge in [0.25, 0.3) is 0 Å². The van der Waals surface area contributed by atoms with Crippen LogP contribution in [0.25, 0.3) is 12.2 Å². The molecule has 1 nitrogen and oxygen atoms in total. The molecular weight excluding hydrogens is 398 g/mol. The summed E-state index contributed by atoms with van der Waals surface area (Å²) in [6.07, 6.45) is 5.55. The van der Waals surface area contributed by atoms with Crippen molar-refractivity contribution >= 4 is 29.2 Å². The maximum atomic E-state index is 2.33. The highest BCUT2D eigenvalue weighted by molar-refractivity contribution is 5.79. The van der Waals surface area contributed by atoms with Gasteiger partial charge in [-0.2, -0.15) is 0 Å². The first-order valence-electron chi connectivity index (χ1n) is 11.9. The first-order valence-corrected chi connectivity index (χ1v) is 11.9. The van der Waals surface area contributed by atoms with E-state index in [1.807, 2.05) is 0 Å². The third kappa shape index (κ3) is 5.43. The van der Waals surface area contributed by atoms with Crippen LogP contribution < -0.4 is 4.90 Å². The highest BCUT2D eigenvalue weighted by Crippen LogP contribution is 2.36. The van der Waals surface area contributed by atoms with Gasteiger partial charge < -0.3 is 4.90 Å². The first kappa shape index (κ1) is 22.6. The maximum Gasteiger partial charge on any atom is 0.0490 e. The molecule has 0 saturated carbocycles. The molecule has 0 aliphatic carbocycles. The molecule has 166 valence electrons. The van der Waals surface area contributed by atoms with Crippen molar-refractivity contribution in [2.24, 2.45) is 0 Å². The lowest BCUT2D eigenvalue weighted by molar-refractivity contribution is 0.733. The molecule has 0 bridgehead atoms. The quantitative estimate of drug-likeness (QED) is 0.263. The summed E-state index contributed by atoms with van der Waals surface area (Å²) in [7, 11) is 0. The molecule has 1 unspecified atom stereocenters. The van der Waals surface area contributed by atoms with Crippen LogP contribution in [-0.4, -0.2) is 0 Å². The molecule has 0 amide bonds. The standard InChI is InChI=1S/C32H33N/c1-5-25(3)29-18-14-27(15-19-29)12-13-28-16-20-31(21-17-28)33(30-9-7-6-8-10-30)32-22-11-24(2)23-26(32)4/h6-23,25H,5H2,1-4H3. The van der Waals surface area contributed by atoms with E-state index in [1.165, 1.54) is 39.9 Å². The minimum absolute atomic E-state index is 0.611. The minimum Gasteiger partial charge on any atom is -0.310 e. The van der Waals surface area contributed by atoms with Crippen LogP contribution >= 0.6 is 0 Å². The molecule has 0 spiro atoms. The number of anilines is 3. The van der Waals surface area contributed by atoms with Gasteiger partial charge in [-0.25, -0.2) is 0 Å². The molecule has 0 aromatic heterocycles. The largest absolute Gasteiger partial charge is 0.310 e. The lowest BCUT2D eigenvalue weighted by atomic mass is 9.97. The molecule has 33 heavy (non-hydrogen) atoms. The van der Waals surface area contributed by atoms with E-state index >= 15 is 0 Å². The number of hydrogen-bond donors (Lipinski definition) is 0. The van der Waals surface area contributed by atoms with Crippen molar-refractivity contribution < 1.29 is 0 Å². The molecular formula is C32H33N. The Labute approximate surface area is 199 Å². The summed E-state index contributed by atoms with van der Waals surface area (Å²) in [5.74, 6) is 0.611. The summed E-state index contributed by atoms with van der Waals surface area (Å²) in [4.78, 5) is 2.33. The van der Waals surface area contributed by atoms with Gasteiger partial charge in [0.2, 0.25) is 0 Å². The van der Waals surface area contributed by atoms with Gasteiger partial charge in [-0.05, 0) is 78.8 Å². The van der Waals surface area contributed by atoms with Crippen LogP contribution in [0.4, 0.5) is 17.1 Å². The molecule has 4 rings (SSSR count). The zero-order valence-electron chi connectivity index (χ0n) is 20.1. The lowest BCUT2D eigenvalue weighted by Crippen LogP contribution is -2.11. The van der Waals surface area contributed by atoms with Crippen LogP contribution in [0.3, 0.4) is 0 Å². The van der Waals surface area contributed by atoms with Gasteiger partial charge >= 0.3 is 0 Å². The van der Waals surface area contributed by atoms with E-state index in [2.05, 4.69) is 142 Å². The molecule has 0 aliphatic heterocycles. The van der Waals surface area contributed by atoms with E-state index in [1.54, 1.807) is 0 Å². The Morgan fingerprint density at radius 3 is 1.85 bits per heavy atom. The third-order valence-corrected chi connectivity index (χ3v) is 6.34. The molecule has 0 aliphatic rings. The average molecular weight is 432 g/mol. The Morgan fingerprint density at radius 2 is 1.27 bits per heavy atom. The van der Waals surface area contributed by atoms with Crippen LogP contribution in [0.15, 0.2) is 97.1 Å². The second-order valence-electron chi connectivity index (χ2n) is 8.86. The normalized spacial score (nSPS) is 12.1. The van der Waals surface area contributed by atoms with Gasteiger partial charge in [-0.3, -0.25) is 0 Å².